The number of rotatable bonds is 6. The molecule has 4 nitrogen and oxygen atoms in total. The monoisotopic (exact) mass is 233 g/mol. The average Bonchev–Trinajstić information content (AvgIpc) is 2.73. The Labute approximate surface area is 93.9 Å². The minimum absolute atomic E-state index is 0.571. The molecule has 1 atom stereocenters. The number of hydrogen-bond donors (Lipinski definition) is 0. The van der Waals surface area contributed by atoms with E-state index in [0.717, 1.165) is 12.6 Å². The smallest absolute Gasteiger partial charge is 0.377 e. The predicted molar refractivity (Wildman–Crippen MR) is 61.9 cm³/mol. The van der Waals surface area contributed by atoms with Crippen LogP contribution in [0.1, 0.15) is 19.8 Å². The normalized spacial score (nSPS) is 23.6. The van der Waals surface area contributed by atoms with Gasteiger partial charge in [-0.15, -0.1) is 0 Å². The molecule has 0 bridgehead atoms. The molecular weight excluding hydrogens is 210 g/mol. The van der Waals surface area contributed by atoms with Crippen LogP contribution in [0, 0.1) is 0 Å². The summed E-state index contributed by atoms with van der Waals surface area (Å²) >= 11 is 0. The van der Waals surface area contributed by atoms with Gasteiger partial charge in [-0.3, -0.25) is 0 Å². The van der Waals surface area contributed by atoms with Crippen LogP contribution in [-0.2, 0) is 13.3 Å². The molecule has 15 heavy (non-hydrogen) atoms. The topological polar surface area (TPSA) is 30.9 Å². The Hall–Kier alpha value is 0.0569. The van der Waals surface area contributed by atoms with Gasteiger partial charge in [-0.25, -0.2) is 0 Å². The number of nitrogens with zero attached hydrogens (tertiary/aromatic N) is 1. The first-order valence-corrected chi connectivity index (χ1v) is 7.54. The van der Waals surface area contributed by atoms with Gasteiger partial charge in [0, 0.05) is 33.4 Å². The lowest BCUT2D eigenvalue weighted by atomic mass is 10.2. The summed E-state index contributed by atoms with van der Waals surface area (Å²) in [6.45, 7) is 4.50. The van der Waals surface area contributed by atoms with Gasteiger partial charge in [-0.05, 0) is 25.9 Å². The summed E-state index contributed by atoms with van der Waals surface area (Å²) in [5.74, 6) is 0. The van der Waals surface area contributed by atoms with Crippen molar-refractivity contribution >= 4 is 8.80 Å². The van der Waals surface area contributed by atoms with Gasteiger partial charge in [-0.2, -0.15) is 0 Å². The highest BCUT2D eigenvalue weighted by Gasteiger charge is 2.42. The molecule has 1 saturated heterocycles. The molecule has 1 heterocycles. The molecule has 0 saturated carbocycles. The van der Waals surface area contributed by atoms with Crippen molar-refractivity contribution in [3.8, 4) is 0 Å². The van der Waals surface area contributed by atoms with Gasteiger partial charge in [0.1, 0.15) is 0 Å². The second kappa shape index (κ2) is 5.96. The Kier molecular flexibility index (Phi) is 5.21. The van der Waals surface area contributed by atoms with Gasteiger partial charge in [0.15, 0.2) is 0 Å². The Morgan fingerprint density at radius 3 is 2.27 bits per heavy atom. The fourth-order valence-electron chi connectivity index (χ4n) is 2.33. The molecular formula is C10H23NO3Si. The van der Waals surface area contributed by atoms with Crippen LogP contribution in [0.25, 0.3) is 0 Å². The molecule has 1 aliphatic heterocycles. The second-order valence-corrected chi connectivity index (χ2v) is 6.92. The third-order valence-electron chi connectivity index (χ3n) is 3.32. The predicted octanol–water partition coefficient (Wildman–Crippen LogP) is 1.35. The first-order valence-electron chi connectivity index (χ1n) is 5.60. The number of hydrogen-bond acceptors (Lipinski definition) is 4. The molecule has 0 radical (unpaired) electrons. The molecule has 1 rings (SSSR count). The minimum Gasteiger partial charge on any atom is -0.377 e. The zero-order valence-electron chi connectivity index (χ0n) is 10.3. The van der Waals surface area contributed by atoms with Crippen molar-refractivity contribution in [3.05, 3.63) is 0 Å². The highest BCUT2D eigenvalue weighted by molar-refractivity contribution is 6.60. The van der Waals surface area contributed by atoms with Gasteiger partial charge in [0.2, 0.25) is 0 Å². The molecule has 0 aliphatic carbocycles. The molecule has 0 aromatic heterocycles. The summed E-state index contributed by atoms with van der Waals surface area (Å²) in [6, 6.07) is 1.48. The van der Waals surface area contributed by atoms with Gasteiger partial charge in [0.25, 0.3) is 0 Å². The SMILES string of the molecule is CCN1CCCC1C[Si](OC)(OC)OC. The largest absolute Gasteiger partial charge is 0.501 e. The molecule has 0 spiro atoms. The van der Waals surface area contributed by atoms with Gasteiger partial charge in [0.05, 0.1) is 0 Å². The Morgan fingerprint density at radius 1 is 1.20 bits per heavy atom. The summed E-state index contributed by atoms with van der Waals surface area (Å²) < 4.78 is 16.4. The average molecular weight is 233 g/mol. The van der Waals surface area contributed by atoms with Crippen molar-refractivity contribution in [1.29, 1.82) is 0 Å². The molecule has 1 aliphatic rings. The van der Waals surface area contributed by atoms with E-state index in [1.807, 2.05) is 0 Å². The van der Waals surface area contributed by atoms with E-state index in [9.17, 15) is 0 Å². The lowest BCUT2D eigenvalue weighted by Crippen LogP contribution is -2.48. The maximum atomic E-state index is 5.46. The highest BCUT2D eigenvalue weighted by Crippen LogP contribution is 2.26. The van der Waals surface area contributed by atoms with Crippen molar-refractivity contribution in [1.82, 2.24) is 4.90 Å². The highest BCUT2D eigenvalue weighted by atomic mass is 28.4. The van der Waals surface area contributed by atoms with Crippen LogP contribution in [0.3, 0.4) is 0 Å². The molecule has 0 N–H and O–H groups in total. The van der Waals surface area contributed by atoms with Crippen LogP contribution in [0.15, 0.2) is 0 Å². The van der Waals surface area contributed by atoms with Crippen molar-refractivity contribution < 1.29 is 13.3 Å². The van der Waals surface area contributed by atoms with Crippen molar-refractivity contribution in [2.45, 2.75) is 31.9 Å². The van der Waals surface area contributed by atoms with E-state index in [4.69, 9.17) is 13.3 Å². The third kappa shape index (κ3) is 3.01. The van der Waals surface area contributed by atoms with E-state index in [2.05, 4.69) is 11.8 Å². The lowest BCUT2D eigenvalue weighted by Gasteiger charge is -2.30. The zero-order chi connectivity index (χ0) is 11.3. The molecule has 1 unspecified atom stereocenters. The first-order chi connectivity index (χ1) is 7.21. The summed E-state index contributed by atoms with van der Waals surface area (Å²) in [4.78, 5) is 2.48. The van der Waals surface area contributed by atoms with Crippen LogP contribution in [0.5, 0.6) is 0 Å². The maximum absolute atomic E-state index is 5.46. The van der Waals surface area contributed by atoms with E-state index in [1.165, 1.54) is 19.4 Å². The van der Waals surface area contributed by atoms with E-state index in [0.29, 0.717) is 6.04 Å². The van der Waals surface area contributed by atoms with E-state index in [-0.39, 0.29) is 0 Å². The maximum Gasteiger partial charge on any atom is 0.501 e. The molecule has 1 fully saturated rings. The lowest BCUT2D eigenvalue weighted by molar-refractivity contribution is 0.113. The standard InChI is InChI=1S/C10H23NO3Si/c1-5-11-8-6-7-10(11)9-15(12-2,13-3)14-4/h10H,5-9H2,1-4H3. The summed E-state index contributed by atoms with van der Waals surface area (Å²) in [5, 5.41) is 0. The second-order valence-electron chi connectivity index (χ2n) is 3.92. The van der Waals surface area contributed by atoms with Crippen LogP contribution < -0.4 is 0 Å². The summed E-state index contributed by atoms with van der Waals surface area (Å²) in [5.41, 5.74) is 0. The van der Waals surface area contributed by atoms with Crippen LogP contribution in [0.2, 0.25) is 6.04 Å². The first kappa shape index (κ1) is 13.1. The Balaban J connectivity index is 2.57. The molecule has 0 aromatic carbocycles. The zero-order valence-corrected chi connectivity index (χ0v) is 11.3. The van der Waals surface area contributed by atoms with E-state index >= 15 is 0 Å². The van der Waals surface area contributed by atoms with Crippen molar-refractivity contribution in [2.24, 2.45) is 0 Å². The molecule has 0 aromatic rings. The van der Waals surface area contributed by atoms with Gasteiger partial charge >= 0.3 is 8.80 Å². The van der Waals surface area contributed by atoms with Crippen molar-refractivity contribution in [2.75, 3.05) is 34.4 Å². The van der Waals surface area contributed by atoms with Gasteiger partial charge in [-0.1, -0.05) is 6.92 Å². The van der Waals surface area contributed by atoms with E-state index < -0.39 is 8.80 Å². The third-order valence-corrected chi connectivity index (χ3v) is 6.16. The van der Waals surface area contributed by atoms with Crippen molar-refractivity contribution in [3.63, 3.8) is 0 Å². The van der Waals surface area contributed by atoms with Crippen LogP contribution in [-0.4, -0.2) is 54.2 Å². The van der Waals surface area contributed by atoms with E-state index in [1.54, 1.807) is 21.3 Å². The van der Waals surface area contributed by atoms with Gasteiger partial charge < -0.3 is 18.2 Å². The minimum atomic E-state index is -2.38. The molecule has 90 valence electrons. The van der Waals surface area contributed by atoms with Crippen LogP contribution >= 0.6 is 0 Å². The fourth-order valence-corrected chi connectivity index (χ4v) is 4.37. The Bertz CT molecular complexity index is 179. The number of likely N-dealkylation sites (tertiary alicyclic amines) is 1. The fraction of sp³-hybridized carbons (Fsp3) is 1.00. The quantitative estimate of drug-likeness (QED) is 0.648. The molecule has 5 heteroatoms. The summed E-state index contributed by atoms with van der Waals surface area (Å²) in [6.07, 6.45) is 2.51. The Morgan fingerprint density at radius 2 is 1.80 bits per heavy atom. The van der Waals surface area contributed by atoms with Crippen LogP contribution in [0.4, 0.5) is 0 Å². The molecule has 0 amide bonds. The summed E-state index contributed by atoms with van der Waals surface area (Å²) in [7, 11) is 2.67.